The van der Waals surface area contributed by atoms with Crippen molar-refractivity contribution in [3.63, 3.8) is 0 Å². The van der Waals surface area contributed by atoms with Crippen molar-refractivity contribution in [1.82, 2.24) is 30.2 Å². The van der Waals surface area contributed by atoms with E-state index in [0.717, 1.165) is 21.2 Å². The lowest BCUT2D eigenvalue weighted by Gasteiger charge is -2.07. The van der Waals surface area contributed by atoms with Gasteiger partial charge in [0.15, 0.2) is 5.82 Å². The Hall–Kier alpha value is -1.93. The summed E-state index contributed by atoms with van der Waals surface area (Å²) in [5.41, 5.74) is 7.93. The number of fused-ring (bicyclic) bond motifs is 1. The Bertz CT molecular complexity index is 708. The van der Waals surface area contributed by atoms with Crippen LogP contribution in [-0.4, -0.2) is 30.2 Å². The number of tetrazole rings is 1. The first-order valence-corrected chi connectivity index (χ1v) is 5.97. The van der Waals surface area contributed by atoms with Crippen LogP contribution in [-0.2, 0) is 6.54 Å². The van der Waals surface area contributed by atoms with Crippen molar-refractivity contribution in [3.05, 3.63) is 34.8 Å². The van der Waals surface area contributed by atoms with Gasteiger partial charge in [-0.15, -0.1) is 5.10 Å². The second kappa shape index (κ2) is 4.39. The summed E-state index contributed by atoms with van der Waals surface area (Å²) < 4.78 is 2.37. The van der Waals surface area contributed by atoms with Crippen molar-refractivity contribution in [1.29, 1.82) is 0 Å². The van der Waals surface area contributed by atoms with E-state index >= 15 is 0 Å². The highest BCUT2D eigenvalue weighted by molar-refractivity contribution is 9.10. The molecule has 0 atom stereocenters. The summed E-state index contributed by atoms with van der Waals surface area (Å²) in [6.07, 6.45) is 3.29. The molecule has 2 heterocycles. The molecule has 0 amide bonds. The van der Waals surface area contributed by atoms with Crippen LogP contribution < -0.4 is 5.73 Å². The van der Waals surface area contributed by atoms with Crippen molar-refractivity contribution in [3.8, 4) is 5.69 Å². The zero-order valence-electron chi connectivity index (χ0n) is 9.16. The molecule has 3 rings (SSSR count). The highest BCUT2D eigenvalue weighted by Gasteiger charge is 2.13. The highest BCUT2D eigenvalue weighted by Crippen LogP contribution is 2.27. The van der Waals surface area contributed by atoms with Crippen LogP contribution in [0.3, 0.4) is 0 Å². The van der Waals surface area contributed by atoms with Crippen molar-refractivity contribution in [2.24, 2.45) is 5.73 Å². The van der Waals surface area contributed by atoms with Gasteiger partial charge in [0.1, 0.15) is 5.52 Å². The van der Waals surface area contributed by atoms with E-state index in [4.69, 9.17) is 5.73 Å². The molecule has 2 N–H and O–H groups in total. The lowest BCUT2D eigenvalue weighted by Crippen LogP contribution is -2.08. The summed E-state index contributed by atoms with van der Waals surface area (Å²) >= 11 is 3.51. The summed E-state index contributed by atoms with van der Waals surface area (Å²) in [5, 5.41) is 11.4. The first-order valence-electron chi connectivity index (χ1n) is 5.18. The van der Waals surface area contributed by atoms with Crippen molar-refractivity contribution in [2.45, 2.75) is 6.54 Å². The Morgan fingerprint density at radius 1 is 1.22 bits per heavy atom. The quantitative estimate of drug-likeness (QED) is 0.753. The molecule has 18 heavy (non-hydrogen) atoms. The molecule has 0 aliphatic rings. The summed E-state index contributed by atoms with van der Waals surface area (Å²) in [6.45, 7) is 0.262. The number of hydrogen-bond donors (Lipinski definition) is 1. The molecule has 3 aromatic rings. The Labute approximate surface area is 110 Å². The van der Waals surface area contributed by atoms with Crippen LogP contribution in [0.1, 0.15) is 5.82 Å². The fraction of sp³-hybridized carbons (Fsp3) is 0.100. The van der Waals surface area contributed by atoms with Gasteiger partial charge in [0.25, 0.3) is 0 Å². The zero-order chi connectivity index (χ0) is 12.5. The molecule has 0 radical (unpaired) electrons. The monoisotopic (exact) mass is 305 g/mol. The van der Waals surface area contributed by atoms with Crippen LogP contribution >= 0.6 is 15.9 Å². The average molecular weight is 306 g/mol. The van der Waals surface area contributed by atoms with E-state index in [1.165, 1.54) is 0 Å². The van der Waals surface area contributed by atoms with Gasteiger partial charge in [-0.1, -0.05) is 0 Å². The first-order chi connectivity index (χ1) is 8.81. The minimum atomic E-state index is 0.262. The lowest BCUT2D eigenvalue weighted by molar-refractivity contribution is 0.759. The summed E-state index contributed by atoms with van der Waals surface area (Å²) in [6, 6.07) is 3.74. The van der Waals surface area contributed by atoms with Crippen LogP contribution in [0.5, 0.6) is 0 Å². The maximum atomic E-state index is 5.59. The van der Waals surface area contributed by atoms with Crippen LogP contribution in [0.4, 0.5) is 0 Å². The molecule has 0 unspecified atom stereocenters. The molecule has 0 bridgehead atoms. The molecule has 7 nitrogen and oxygen atoms in total. The second-order valence-electron chi connectivity index (χ2n) is 3.53. The topological polar surface area (TPSA) is 95.4 Å². The second-order valence-corrected chi connectivity index (χ2v) is 4.33. The zero-order valence-corrected chi connectivity index (χ0v) is 10.7. The number of aromatic nitrogens is 6. The molecule has 0 spiro atoms. The third-order valence-corrected chi connectivity index (χ3v) is 3.29. The number of nitrogens with zero attached hydrogens (tertiary/aromatic N) is 6. The summed E-state index contributed by atoms with van der Waals surface area (Å²) in [7, 11) is 0. The van der Waals surface area contributed by atoms with Gasteiger partial charge in [0.05, 0.1) is 22.2 Å². The van der Waals surface area contributed by atoms with Crippen LogP contribution in [0.15, 0.2) is 29.0 Å². The smallest absolute Gasteiger partial charge is 0.170 e. The minimum Gasteiger partial charge on any atom is -0.324 e. The molecule has 0 aliphatic heterocycles. The fourth-order valence-corrected chi connectivity index (χ4v) is 2.28. The fourth-order valence-electron chi connectivity index (χ4n) is 1.68. The maximum absolute atomic E-state index is 5.59. The molecular weight excluding hydrogens is 298 g/mol. The normalized spacial score (nSPS) is 11.0. The molecule has 90 valence electrons. The van der Waals surface area contributed by atoms with E-state index in [-0.39, 0.29) is 6.54 Å². The third kappa shape index (κ3) is 1.66. The van der Waals surface area contributed by atoms with E-state index < -0.39 is 0 Å². The lowest BCUT2D eigenvalue weighted by atomic mass is 10.2. The van der Waals surface area contributed by atoms with Gasteiger partial charge in [-0.2, -0.15) is 4.68 Å². The highest BCUT2D eigenvalue weighted by atomic mass is 79.9. The Kier molecular flexibility index (Phi) is 2.73. The van der Waals surface area contributed by atoms with Gasteiger partial charge in [0.2, 0.25) is 0 Å². The predicted octanol–water partition coefficient (Wildman–Crippen LogP) is 0.827. The largest absolute Gasteiger partial charge is 0.324 e. The number of halogens is 1. The van der Waals surface area contributed by atoms with Gasteiger partial charge >= 0.3 is 0 Å². The minimum absolute atomic E-state index is 0.262. The molecule has 0 saturated carbocycles. The van der Waals surface area contributed by atoms with Gasteiger partial charge in [-0.3, -0.25) is 9.97 Å². The number of benzene rings is 1. The first kappa shape index (κ1) is 11.2. The SMILES string of the molecule is NCc1nnnn1-c1ccc2nccnc2c1Br. The standard InChI is InChI=1S/C10H8BrN7/c11-9-7(18-8(5-12)15-16-17-18)2-1-6-10(9)14-4-3-13-6/h1-4H,5,12H2. The van der Waals surface area contributed by atoms with E-state index in [1.807, 2.05) is 12.1 Å². The molecule has 0 saturated heterocycles. The van der Waals surface area contributed by atoms with Gasteiger partial charge in [-0.25, -0.2) is 0 Å². The Balaban J connectivity index is 2.27. The van der Waals surface area contributed by atoms with Gasteiger partial charge < -0.3 is 5.73 Å². The van der Waals surface area contributed by atoms with Crippen LogP contribution in [0.25, 0.3) is 16.7 Å². The Morgan fingerprint density at radius 2 is 2.06 bits per heavy atom. The molecule has 0 fully saturated rings. The summed E-state index contributed by atoms with van der Waals surface area (Å²) in [5.74, 6) is 0.582. The van der Waals surface area contributed by atoms with Gasteiger partial charge in [0, 0.05) is 12.4 Å². The predicted molar refractivity (Wildman–Crippen MR) is 67.8 cm³/mol. The van der Waals surface area contributed by atoms with Crippen LogP contribution in [0.2, 0.25) is 0 Å². The van der Waals surface area contributed by atoms with Crippen LogP contribution in [0, 0.1) is 0 Å². The maximum Gasteiger partial charge on any atom is 0.170 e. The van der Waals surface area contributed by atoms with E-state index in [2.05, 4.69) is 41.4 Å². The average Bonchev–Trinajstić information content (AvgIpc) is 2.88. The molecule has 0 aliphatic carbocycles. The van der Waals surface area contributed by atoms with Crippen molar-refractivity contribution in [2.75, 3.05) is 0 Å². The van der Waals surface area contributed by atoms with Crippen molar-refractivity contribution >= 4 is 27.0 Å². The number of hydrogen-bond acceptors (Lipinski definition) is 6. The third-order valence-electron chi connectivity index (χ3n) is 2.50. The van der Waals surface area contributed by atoms with Gasteiger partial charge in [-0.05, 0) is 38.5 Å². The van der Waals surface area contributed by atoms with Crippen molar-refractivity contribution < 1.29 is 0 Å². The number of rotatable bonds is 2. The number of nitrogens with two attached hydrogens (primary N) is 1. The van der Waals surface area contributed by atoms with E-state index in [0.29, 0.717) is 5.82 Å². The molecule has 2 aromatic heterocycles. The summed E-state index contributed by atoms with van der Waals surface area (Å²) in [4.78, 5) is 8.51. The van der Waals surface area contributed by atoms with E-state index in [9.17, 15) is 0 Å². The molecular formula is C10H8BrN7. The Morgan fingerprint density at radius 3 is 2.89 bits per heavy atom. The molecule has 1 aromatic carbocycles. The van der Waals surface area contributed by atoms with E-state index in [1.54, 1.807) is 17.1 Å². The molecule has 8 heteroatoms.